The van der Waals surface area contributed by atoms with Crippen molar-refractivity contribution in [3.63, 3.8) is 0 Å². The molecular weight excluding hydrogens is 746 g/mol. The van der Waals surface area contributed by atoms with Crippen LogP contribution in [0, 0.1) is 22.2 Å². The number of carbonyl (C=O) groups is 4. The van der Waals surface area contributed by atoms with Gasteiger partial charge in [0.2, 0.25) is 11.8 Å². The number of nitrogens with zero attached hydrogens (tertiary/aromatic N) is 5. The number of nitriles is 1. The Bertz CT molecular complexity index is 1970. The Morgan fingerprint density at radius 2 is 1.65 bits per heavy atom. The fourth-order valence-corrected chi connectivity index (χ4v) is 8.83. The summed E-state index contributed by atoms with van der Waals surface area (Å²) in [5.41, 5.74) is 0.642. The van der Waals surface area contributed by atoms with Gasteiger partial charge in [-0.1, -0.05) is 39.3 Å². The maximum atomic E-state index is 13.4. The first-order valence-electron chi connectivity index (χ1n) is 19.6. The Morgan fingerprint density at radius 1 is 0.965 bits per heavy atom. The zero-order valence-electron chi connectivity index (χ0n) is 33.3. The Balaban J connectivity index is 0.870. The number of imide groups is 1. The summed E-state index contributed by atoms with van der Waals surface area (Å²) in [4.78, 5) is 60.6. The van der Waals surface area contributed by atoms with Crippen molar-refractivity contribution >= 4 is 41.0 Å². The van der Waals surface area contributed by atoms with Crippen LogP contribution in [0.2, 0.25) is 5.02 Å². The predicted octanol–water partition coefficient (Wildman–Crippen LogP) is 5.47. The van der Waals surface area contributed by atoms with E-state index in [1.54, 1.807) is 55.7 Å². The fourth-order valence-electron chi connectivity index (χ4n) is 8.61. The number of hydrogen-bond donors (Lipinski definition) is 2. The number of rotatable bonds is 14. The molecule has 6 rings (SSSR count). The summed E-state index contributed by atoms with van der Waals surface area (Å²) in [7, 11) is 1.58. The molecule has 1 aromatic heterocycles. The van der Waals surface area contributed by atoms with E-state index in [-0.39, 0.29) is 47.1 Å². The van der Waals surface area contributed by atoms with Gasteiger partial charge < -0.3 is 24.6 Å². The summed E-state index contributed by atoms with van der Waals surface area (Å²) in [5.74, 6) is 0.940. The number of hydrogen-bond acceptors (Lipinski definition) is 10. The molecule has 3 heterocycles. The minimum Gasteiger partial charge on any atom is -0.494 e. The quantitative estimate of drug-likeness (QED) is 0.159. The fraction of sp³-hybridized carbons (Fsp3) is 0.488. The number of carbonyl (C=O) groups excluding carboxylic acids is 4. The predicted molar refractivity (Wildman–Crippen MR) is 216 cm³/mol. The third-order valence-corrected chi connectivity index (χ3v) is 11.9. The van der Waals surface area contributed by atoms with Crippen LogP contribution in [-0.2, 0) is 9.59 Å². The topological polar surface area (TPSA) is 157 Å². The van der Waals surface area contributed by atoms with Crippen molar-refractivity contribution in [2.45, 2.75) is 78.0 Å². The van der Waals surface area contributed by atoms with Crippen LogP contribution >= 0.6 is 11.6 Å². The van der Waals surface area contributed by atoms with E-state index in [0.717, 1.165) is 57.8 Å². The van der Waals surface area contributed by atoms with Crippen molar-refractivity contribution in [1.82, 2.24) is 25.4 Å². The van der Waals surface area contributed by atoms with E-state index in [1.807, 2.05) is 12.1 Å². The highest BCUT2D eigenvalue weighted by atomic mass is 35.5. The summed E-state index contributed by atoms with van der Waals surface area (Å²) < 4.78 is 12.3. The smallest absolute Gasteiger partial charge is 0.254 e. The van der Waals surface area contributed by atoms with Gasteiger partial charge in [0, 0.05) is 74.3 Å². The van der Waals surface area contributed by atoms with E-state index in [1.165, 1.54) is 4.90 Å². The van der Waals surface area contributed by atoms with Gasteiger partial charge in [-0.25, -0.2) is 4.98 Å². The highest BCUT2D eigenvalue weighted by Gasteiger charge is 2.64. The summed E-state index contributed by atoms with van der Waals surface area (Å²) in [6.07, 6.45) is 5.02. The van der Waals surface area contributed by atoms with Crippen molar-refractivity contribution in [2.24, 2.45) is 10.8 Å². The van der Waals surface area contributed by atoms with Gasteiger partial charge in [0.1, 0.15) is 35.5 Å². The van der Waals surface area contributed by atoms with Crippen LogP contribution in [0.4, 0.5) is 5.82 Å². The second kappa shape index (κ2) is 17.5. The van der Waals surface area contributed by atoms with E-state index in [4.69, 9.17) is 21.1 Å². The second-order valence-corrected chi connectivity index (χ2v) is 16.8. The molecule has 1 atom stereocenters. The number of likely N-dealkylation sites (N-methyl/N-ethyl adjacent to an activating group) is 1. The van der Waals surface area contributed by atoms with Gasteiger partial charge in [0.05, 0.1) is 22.8 Å². The average molecular weight is 798 g/mol. The van der Waals surface area contributed by atoms with Gasteiger partial charge >= 0.3 is 0 Å². The van der Waals surface area contributed by atoms with Crippen LogP contribution in [0.5, 0.6) is 11.5 Å². The van der Waals surface area contributed by atoms with Gasteiger partial charge in [-0.2, -0.15) is 5.26 Å². The maximum absolute atomic E-state index is 13.4. The summed E-state index contributed by atoms with van der Waals surface area (Å²) >= 11 is 6.24. The summed E-state index contributed by atoms with van der Waals surface area (Å²) in [5, 5.41) is 15.1. The van der Waals surface area contributed by atoms with Crippen LogP contribution in [-0.4, -0.2) is 103 Å². The second-order valence-electron chi connectivity index (χ2n) is 16.4. The number of aromatic nitrogens is 1. The van der Waals surface area contributed by atoms with Crippen molar-refractivity contribution in [2.75, 3.05) is 51.3 Å². The lowest BCUT2D eigenvalue weighted by Gasteiger charge is -2.63. The molecule has 1 saturated carbocycles. The number of halogens is 1. The first-order chi connectivity index (χ1) is 27.2. The molecule has 2 N–H and O–H groups in total. The molecule has 2 saturated heterocycles. The molecule has 1 aliphatic carbocycles. The number of pyridine rings is 1. The molecule has 2 aliphatic heterocycles. The van der Waals surface area contributed by atoms with E-state index in [2.05, 4.69) is 59.2 Å². The summed E-state index contributed by atoms with van der Waals surface area (Å²) in [6, 6.07) is 17.0. The molecule has 57 heavy (non-hydrogen) atoms. The number of anilines is 1. The van der Waals surface area contributed by atoms with Gasteiger partial charge in [-0.05, 0) is 80.8 Å². The van der Waals surface area contributed by atoms with Gasteiger partial charge in [0.25, 0.3) is 11.8 Å². The third-order valence-electron chi connectivity index (χ3n) is 11.6. The molecule has 0 radical (unpaired) electrons. The van der Waals surface area contributed by atoms with Crippen LogP contribution in [0.3, 0.4) is 0 Å². The molecule has 0 unspecified atom stereocenters. The Kier molecular flexibility index (Phi) is 12.7. The number of nitrogens with one attached hydrogen (secondary N) is 2. The minimum atomic E-state index is -0.660. The van der Waals surface area contributed by atoms with Gasteiger partial charge in [0.15, 0.2) is 0 Å². The van der Waals surface area contributed by atoms with Crippen molar-refractivity contribution in [3.8, 4) is 17.6 Å². The molecule has 3 aromatic rings. The van der Waals surface area contributed by atoms with Crippen LogP contribution in [0.25, 0.3) is 0 Å². The highest BCUT2D eigenvalue weighted by Crippen LogP contribution is 2.55. The van der Waals surface area contributed by atoms with E-state index < -0.39 is 11.9 Å². The number of unbranched alkanes of at least 4 members (excludes halogenated alkanes) is 2. The van der Waals surface area contributed by atoms with Crippen LogP contribution in [0.1, 0.15) is 86.1 Å². The Hall–Kier alpha value is -5.19. The molecule has 14 heteroatoms. The minimum absolute atomic E-state index is 0.143. The lowest BCUT2D eigenvalue weighted by Crippen LogP contribution is -2.74. The molecule has 302 valence electrons. The third kappa shape index (κ3) is 9.35. The largest absolute Gasteiger partial charge is 0.494 e. The maximum Gasteiger partial charge on any atom is 0.254 e. The van der Waals surface area contributed by atoms with Crippen molar-refractivity contribution in [1.29, 1.82) is 5.26 Å². The molecule has 13 nitrogen and oxygen atoms in total. The number of piperidine rings is 1. The number of amides is 4. The average Bonchev–Trinajstić information content (AvgIpc) is 3.20. The molecule has 0 spiro atoms. The van der Waals surface area contributed by atoms with E-state index >= 15 is 0 Å². The first kappa shape index (κ1) is 41.4. The molecule has 2 aromatic carbocycles. The summed E-state index contributed by atoms with van der Waals surface area (Å²) in [6.45, 7) is 13.5. The monoisotopic (exact) mass is 797 g/mol. The SMILES string of the molecule is CN(C(=O)c1ccc(OCCCCCN2CCN(c3ccc(C(=O)NC4C(C)(C)C(Oc5ccc(C#N)c(Cl)c5)C4(C)C)cn3)CC2)cc1)[C@@H]1CCC(=O)NC1=O. The lowest BCUT2D eigenvalue weighted by molar-refractivity contribution is -0.164. The molecule has 0 bridgehead atoms. The van der Waals surface area contributed by atoms with E-state index in [0.29, 0.717) is 46.2 Å². The zero-order chi connectivity index (χ0) is 40.9. The standard InChI is InChI=1S/C43H52ClN7O6/c1-42(2)40(43(3,4)41(42)57-32-15-11-29(26-45)33(44)25-32)48-37(53)30-12-17-35(46-27-30)51-22-20-50(21-23-51)19-7-6-8-24-56-31-13-9-28(10-14-31)39(55)49(5)34-16-18-36(52)47-38(34)54/h9-15,17,25,27,34,40-41H,6-8,16,18-24H2,1-5H3,(H,48,53)(H,47,52,54)/t34-,40?,41?/m1/s1. The Morgan fingerprint density at radius 3 is 2.28 bits per heavy atom. The molecule has 4 amide bonds. The van der Waals surface area contributed by atoms with E-state index in [9.17, 15) is 24.4 Å². The molecule has 3 fully saturated rings. The number of benzene rings is 2. The first-order valence-corrected chi connectivity index (χ1v) is 20.0. The van der Waals surface area contributed by atoms with Gasteiger partial charge in [-0.3, -0.25) is 29.4 Å². The highest BCUT2D eigenvalue weighted by molar-refractivity contribution is 6.31. The van der Waals surface area contributed by atoms with Crippen molar-refractivity contribution < 1.29 is 28.7 Å². The normalized spacial score (nSPS) is 21.4. The molecule has 3 aliphatic rings. The molecular formula is C43H52ClN7O6. The number of ether oxygens (including phenoxy) is 2. The van der Waals surface area contributed by atoms with Crippen LogP contribution in [0.15, 0.2) is 60.8 Å². The lowest BCUT2D eigenvalue weighted by atomic mass is 9.49. The van der Waals surface area contributed by atoms with Crippen LogP contribution < -0.4 is 25.0 Å². The zero-order valence-corrected chi connectivity index (χ0v) is 34.1. The Labute approximate surface area is 339 Å². The number of piperazine rings is 1. The van der Waals surface area contributed by atoms with Gasteiger partial charge in [-0.15, -0.1) is 0 Å². The van der Waals surface area contributed by atoms with Crippen molar-refractivity contribution in [3.05, 3.63) is 82.5 Å².